The molecular weight excluding hydrogens is 242 g/mol. The van der Waals surface area contributed by atoms with E-state index >= 15 is 0 Å². The highest BCUT2D eigenvalue weighted by molar-refractivity contribution is 6.02. The number of carbonyl (C=O) groups excluding carboxylic acids is 1. The lowest BCUT2D eigenvalue weighted by atomic mass is 10.1. The molecule has 1 aromatic carbocycles. The van der Waals surface area contributed by atoms with E-state index in [-0.39, 0.29) is 11.7 Å². The molecule has 19 heavy (non-hydrogen) atoms. The van der Waals surface area contributed by atoms with Gasteiger partial charge in [0.05, 0.1) is 11.3 Å². The molecule has 5 nitrogen and oxygen atoms in total. The van der Waals surface area contributed by atoms with E-state index in [0.29, 0.717) is 16.8 Å². The summed E-state index contributed by atoms with van der Waals surface area (Å²) in [7, 11) is 0. The molecule has 2 rings (SSSR count). The van der Waals surface area contributed by atoms with Crippen LogP contribution in [0.15, 0.2) is 53.9 Å². The summed E-state index contributed by atoms with van der Waals surface area (Å²) in [6.07, 6.45) is 3.05. The Morgan fingerprint density at radius 3 is 2.74 bits per heavy atom. The van der Waals surface area contributed by atoms with Crippen molar-refractivity contribution in [3.63, 3.8) is 0 Å². The molecule has 0 aliphatic carbocycles. The Hall–Kier alpha value is -2.69. The van der Waals surface area contributed by atoms with Gasteiger partial charge >= 0.3 is 0 Å². The van der Waals surface area contributed by atoms with Gasteiger partial charge in [-0.2, -0.15) is 5.10 Å². The number of phenolic OH excluding ortho intramolecular Hbond substituents is 1. The summed E-state index contributed by atoms with van der Waals surface area (Å²) in [5, 5.41) is 13.6. The van der Waals surface area contributed by atoms with E-state index in [1.54, 1.807) is 49.5 Å². The third kappa shape index (κ3) is 3.16. The van der Waals surface area contributed by atoms with Crippen LogP contribution in [0.25, 0.3) is 0 Å². The zero-order chi connectivity index (χ0) is 13.7. The highest BCUT2D eigenvalue weighted by atomic mass is 16.3. The summed E-state index contributed by atoms with van der Waals surface area (Å²) in [6, 6.07) is 10.1. The number of pyridine rings is 1. The van der Waals surface area contributed by atoms with Crippen molar-refractivity contribution in [2.45, 2.75) is 6.92 Å². The van der Waals surface area contributed by atoms with E-state index in [9.17, 15) is 9.90 Å². The maximum atomic E-state index is 11.7. The van der Waals surface area contributed by atoms with Crippen LogP contribution in [0.3, 0.4) is 0 Å². The summed E-state index contributed by atoms with van der Waals surface area (Å²) in [5.74, 6) is -0.220. The summed E-state index contributed by atoms with van der Waals surface area (Å²) >= 11 is 0. The van der Waals surface area contributed by atoms with Crippen molar-refractivity contribution in [3.05, 3.63) is 59.9 Å². The molecule has 2 N–H and O–H groups in total. The Bertz CT molecular complexity index is 609. The number of para-hydroxylation sites is 1. The van der Waals surface area contributed by atoms with Crippen molar-refractivity contribution < 1.29 is 9.90 Å². The molecule has 0 spiro atoms. The molecule has 0 radical (unpaired) electrons. The standard InChI is InChI=1S/C14H13N3O2/c1-10(12-6-2-3-7-13(12)18)16-17-14(19)11-5-4-8-15-9-11/h2-9,18H,1H3,(H,17,19)/b16-10-. The predicted octanol–water partition coefficient (Wildman–Crippen LogP) is 1.94. The Morgan fingerprint density at radius 1 is 1.26 bits per heavy atom. The summed E-state index contributed by atoms with van der Waals surface area (Å²) < 4.78 is 0. The smallest absolute Gasteiger partial charge is 0.272 e. The molecule has 5 heteroatoms. The van der Waals surface area contributed by atoms with Crippen molar-refractivity contribution >= 4 is 11.6 Å². The van der Waals surface area contributed by atoms with E-state index in [0.717, 1.165) is 0 Å². The number of carbonyl (C=O) groups is 1. The van der Waals surface area contributed by atoms with Crippen LogP contribution >= 0.6 is 0 Å². The molecule has 1 heterocycles. The van der Waals surface area contributed by atoms with Crippen LogP contribution < -0.4 is 5.43 Å². The van der Waals surface area contributed by atoms with E-state index < -0.39 is 0 Å². The van der Waals surface area contributed by atoms with Crippen LogP contribution in [-0.2, 0) is 0 Å². The normalized spacial score (nSPS) is 11.1. The minimum Gasteiger partial charge on any atom is -0.507 e. The quantitative estimate of drug-likeness (QED) is 0.650. The van der Waals surface area contributed by atoms with Crippen LogP contribution in [0.4, 0.5) is 0 Å². The molecule has 1 aromatic heterocycles. The first-order valence-corrected chi connectivity index (χ1v) is 5.71. The van der Waals surface area contributed by atoms with Gasteiger partial charge in [0, 0.05) is 18.0 Å². The molecule has 0 bridgehead atoms. The first kappa shape index (κ1) is 12.8. The van der Waals surface area contributed by atoms with E-state index in [2.05, 4.69) is 15.5 Å². The topological polar surface area (TPSA) is 74.6 Å². The number of hydrogen-bond donors (Lipinski definition) is 2. The van der Waals surface area contributed by atoms with E-state index in [1.165, 1.54) is 6.20 Å². The van der Waals surface area contributed by atoms with Crippen molar-refractivity contribution in [2.24, 2.45) is 5.10 Å². The van der Waals surface area contributed by atoms with Crippen LogP contribution in [0.2, 0.25) is 0 Å². The Labute approximate surface area is 110 Å². The Morgan fingerprint density at radius 2 is 2.05 bits per heavy atom. The summed E-state index contributed by atoms with van der Waals surface area (Å²) in [4.78, 5) is 15.6. The van der Waals surface area contributed by atoms with E-state index in [4.69, 9.17) is 0 Å². The van der Waals surface area contributed by atoms with Gasteiger partial charge in [-0.05, 0) is 31.2 Å². The van der Waals surface area contributed by atoms with Gasteiger partial charge in [0.25, 0.3) is 5.91 Å². The van der Waals surface area contributed by atoms with Crippen LogP contribution in [0.5, 0.6) is 5.75 Å². The van der Waals surface area contributed by atoms with Crippen molar-refractivity contribution in [1.82, 2.24) is 10.4 Å². The second kappa shape index (κ2) is 5.77. The average Bonchev–Trinajstić information content (AvgIpc) is 2.46. The third-order valence-electron chi connectivity index (χ3n) is 2.54. The number of benzene rings is 1. The van der Waals surface area contributed by atoms with E-state index in [1.807, 2.05) is 0 Å². The lowest BCUT2D eigenvalue weighted by Gasteiger charge is -2.04. The number of amides is 1. The van der Waals surface area contributed by atoms with Crippen molar-refractivity contribution in [3.8, 4) is 5.75 Å². The third-order valence-corrected chi connectivity index (χ3v) is 2.54. The van der Waals surface area contributed by atoms with Gasteiger partial charge in [-0.15, -0.1) is 0 Å². The second-order valence-corrected chi connectivity index (χ2v) is 3.90. The molecule has 0 aliphatic heterocycles. The predicted molar refractivity (Wildman–Crippen MR) is 72.0 cm³/mol. The highest BCUT2D eigenvalue weighted by Crippen LogP contribution is 2.16. The fourth-order valence-electron chi connectivity index (χ4n) is 1.54. The first-order chi connectivity index (χ1) is 9.18. The number of nitrogens with zero attached hydrogens (tertiary/aromatic N) is 2. The SMILES string of the molecule is C/C(=N/NC(=O)c1cccnc1)c1ccccc1O. The molecular formula is C14H13N3O2. The number of phenols is 1. The number of rotatable bonds is 3. The minimum atomic E-state index is -0.345. The maximum absolute atomic E-state index is 11.7. The van der Waals surface area contributed by atoms with Crippen LogP contribution in [-0.4, -0.2) is 21.7 Å². The molecule has 0 fully saturated rings. The molecule has 0 saturated heterocycles. The fourth-order valence-corrected chi connectivity index (χ4v) is 1.54. The van der Waals surface area contributed by atoms with Crippen LogP contribution in [0, 0.1) is 0 Å². The molecule has 1 amide bonds. The van der Waals surface area contributed by atoms with Gasteiger partial charge in [0.2, 0.25) is 0 Å². The van der Waals surface area contributed by atoms with Gasteiger partial charge in [-0.25, -0.2) is 5.43 Å². The number of aromatic hydroxyl groups is 1. The number of nitrogens with one attached hydrogen (secondary N) is 1. The zero-order valence-corrected chi connectivity index (χ0v) is 10.4. The molecule has 0 unspecified atom stereocenters. The summed E-state index contributed by atoms with van der Waals surface area (Å²) in [6.45, 7) is 1.71. The lowest BCUT2D eigenvalue weighted by molar-refractivity contribution is 0.0954. The van der Waals surface area contributed by atoms with Crippen molar-refractivity contribution in [2.75, 3.05) is 0 Å². The maximum Gasteiger partial charge on any atom is 0.272 e. The first-order valence-electron chi connectivity index (χ1n) is 5.71. The number of aromatic nitrogens is 1. The van der Waals surface area contributed by atoms with Crippen molar-refractivity contribution in [1.29, 1.82) is 0 Å². The van der Waals surface area contributed by atoms with Gasteiger partial charge in [0.1, 0.15) is 5.75 Å². The Balaban J connectivity index is 2.11. The molecule has 2 aromatic rings. The molecule has 0 aliphatic rings. The van der Waals surface area contributed by atoms with Gasteiger partial charge in [0.15, 0.2) is 0 Å². The van der Waals surface area contributed by atoms with Gasteiger partial charge in [-0.1, -0.05) is 12.1 Å². The fraction of sp³-hybridized carbons (Fsp3) is 0.0714. The highest BCUT2D eigenvalue weighted by Gasteiger charge is 2.06. The Kier molecular flexibility index (Phi) is 3.87. The minimum absolute atomic E-state index is 0.124. The molecule has 96 valence electrons. The molecule has 0 saturated carbocycles. The summed E-state index contributed by atoms with van der Waals surface area (Å²) in [5.41, 5.74) is 3.95. The van der Waals surface area contributed by atoms with Gasteiger partial charge < -0.3 is 5.11 Å². The number of hydrogen-bond acceptors (Lipinski definition) is 4. The number of hydrazone groups is 1. The van der Waals surface area contributed by atoms with Crippen LogP contribution in [0.1, 0.15) is 22.8 Å². The average molecular weight is 255 g/mol. The largest absolute Gasteiger partial charge is 0.507 e. The molecule has 0 atom stereocenters. The second-order valence-electron chi connectivity index (χ2n) is 3.90. The monoisotopic (exact) mass is 255 g/mol. The zero-order valence-electron chi connectivity index (χ0n) is 10.4. The lowest BCUT2D eigenvalue weighted by Crippen LogP contribution is -2.19. The van der Waals surface area contributed by atoms with Gasteiger partial charge in [-0.3, -0.25) is 9.78 Å².